The lowest BCUT2D eigenvalue weighted by atomic mass is 10.0. The van der Waals surface area contributed by atoms with Gasteiger partial charge in [0.2, 0.25) is 5.95 Å². The average Bonchev–Trinajstić information content (AvgIpc) is 3.49. The van der Waals surface area contributed by atoms with Gasteiger partial charge in [-0.2, -0.15) is 10.1 Å². The summed E-state index contributed by atoms with van der Waals surface area (Å²) in [5, 5.41) is 12.1. The molecule has 0 unspecified atom stereocenters. The van der Waals surface area contributed by atoms with E-state index < -0.39 is 0 Å². The zero-order valence-corrected chi connectivity index (χ0v) is 12.8. The molecule has 116 valence electrons. The predicted octanol–water partition coefficient (Wildman–Crippen LogP) is 2.60. The van der Waals surface area contributed by atoms with Crippen LogP contribution in [0.15, 0.2) is 12.3 Å². The Hall–Kier alpha value is -1.85. The largest absolute Gasteiger partial charge is 0.339 e. The van der Waals surface area contributed by atoms with Gasteiger partial charge in [0.15, 0.2) is 0 Å². The minimum Gasteiger partial charge on any atom is -0.339 e. The third-order valence-corrected chi connectivity index (χ3v) is 5.24. The molecule has 2 aliphatic carbocycles. The zero-order chi connectivity index (χ0) is 14.5. The van der Waals surface area contributed by atoms with Crippen LogP contribution in [0.3, 0.4) is 0 Å². The van der Waals surface area contributed by atoms with Gasteiger partial charge in [-0.3, -0.25) is 9.78 Å². The highest BCUT2D eigenvalue weighted by molar-refractivity contribution is 5.30. The highest BCUT2D eigenvalue weighted by Crippen LogP contribution is 2.42. The molecule has 1 aliphatic heterocycles. The van der Waals surface area contributed by atoms with Crippen LogP contribution in [0, 0.1) is 0 Å². The fourth-order valence-electron chi connectivity index (χ4n) is 3.59. The number of hydrogen-bond donors (Lipinski definition) is 1. The van der Waals surface area contributed by atoms with Crippen molar-refractivity contribution in [2.24, 2.45) is 0 Å². The molecule has 3 heterocycles. The van der Waals surface area contributed by atoms with E-state index in [1.54, 1.807) is 0 Å². The summed E-state index contributed by atoms with van der Waals surface area (Å²) in [6, 6.07) is 2.75. The molecule has 5 rings (SSSR count). The van der Waals surface area contributed by atoms with Gasteiger partial charge in [0.1, 0.15) is 5.82 Å². The number of aromatic nitrogens is 5. The highest BCUT2D eigenvalue weighted by atomic mass is 15.4. The van der Waals surface area contributed by atoms with Crippen molar-refractivity contribution in [3.63, 3.8) is 0 Å². The number of rotatable bonds is 4. The second-order valence-electron chi connectivity index (χ2n) is 6.99. The van der Waals surface area contributed by atoms with Gasteiger partial charge in [-0.05, 0) is 44.6 Å². The van der Waals surface area contributed by atoms with E-state index in [2.05, 4.69) is 35.9 Å². The van der Waals surface area contributed by atoms with Gasteiger partial charge in [0.25, 0.3) is 0 Å². The lowest BCUT2D eigenvalue weighted by Crippen LogP contribution is -2.36. The van der Waals surface area contributed by atoms with Crippen LogP contribution >= 0.6 is 0 Å². The fourth-order valence-corrected chi connectivity index (χ4v) is 3.59. The highest BCUT2D eigenvalue weighted by Gasteiger charge is 2.32. The molecule has 3 aliphatic rings. The standard InChI is InChI=1S/C16H22N6/c1-2-11(1)14-5-8-17-22(14)13-6-9-21(10-7-13)16-18-15(19-20-16)12-3-4-12/h5,8,11-13H,1-4,6-7,9-10H2,(H,18,19,20). The molecule has 1 saturated heterocycles. The lowest BCUT2D eigenvalue weighted by Gasteiger charge is -2.32. The maximum Gasteiger partial charge on any atom is 0.244 e. The molecule has 22 heavy (non-hydrogen) atoms. The lowest BCUT2D eigenvalue weighted by molar-refractivity contribution is 0.356. The summed E-state index contributed by atoms with van der Waals surface area (Å²) in [6.07, 6.45) is 9.44. The van der Waals surface area contributed by atoms with Crippen LogP contribution in [-0.2, 0) is 0 Å². The molecule has 0 atom stereocenters. The molecule has 1 N–H and O–H groups in total. The van der Waals surface area contributed by atoms with Crippen LogP contribution in [0.2, 0.25) is 0 Å². The Bertz CT molecular complexity index is 658. The van der Waals surface area contributed by atoms with Gasteiger partial charge in [-0.1, -0.05) is 0 Å². The Morgan fingerprint density at radius 1 is 1.00 bits per heavy atom. The molecule has 2 aromatic heterocycles. The SMILES string of the molecule is c1cc(C2CC2)n(C2CCN(c3n[nH]c(C4CC4)n3)CC2)n1. The Morgan fingerprint density at radius 2 is 1.77 bits per heavy atom. The summed E-state index contributed by atoms with van der Waals surface area (Å²) < 4.78 is 2.29. The predicted molar refractivity (Wildman–Crippen MR) is 83.0 cm³/mol. The summed E-state index contributed by atoms with van der Waals surface area (Å²) >= 11 is 0. The van der Waals surface area contributed by atoms with Crippen molar-refractivity contribution in [2.45, 2.75) is 56.4 Å². The number of nitrogens with zero attached hydrogens (tertiary/aromatic N) is 5. The number of nitrogens with one attached hydrogen (secondary N) is 1. The van der Waals surface area contributed by atoms with Gasteiger partial charge < -0.3 is 4.90 Å². The molecular formula is C16H22N6. The van der Waals surface area contributed by atoms with Crippen molar-refractivity contribution in [1.82, 2.24) is 25.0 Å². The van der Waals surface area contributed by atoms with E-state index >= 15 is 0 Å². The van der Waals surface area contributed by atoms with Gasteiger partial charge in [0, 0.05) is 36.8 Å². The van der Waals surface area contributed by atoms with Gasteiger partial charge >= 0.3 is 0 Å². The third kappa shape index (κ3) is 2.21. The van der Waals surface area contributed by atoms with Crippen LogP contribution in [0.25, 0.3) is 0 Å². The van der Waals surface area contributed by atoms with Crippen molar-refractivity contribution in [3.8, 4) is 0 Å². The molecule has 3 fully saturated rings. The van der Waals surface area contributed by atoms with E-state index in [4.69, 9.17) is 0 Å². The van der Waals surface area contributed by atoms with Crippen molar-refractivity contribution in [1.29, 1.82) is 0 Å². The first-order valence-electron chi connectivity index (χ1n) is 8.59. The first-order chi connectivity index (χ1) is 10.9. The molecule has 2 aromatic rings. The van der Waals surface area contributed by atoms with E-state index in [9.17, 15) is 0 Å². The summed E-state index contributed by atoms with van der Waals surface area (Å²) in [7, 11) is 0. The maximum absolute atomic E-state index is 4.68. The number of piperidine rings is 1. The van der Waals surface area contributed by atoms with E-state index in [-0.39, 0.29) is 0 Å². The van der Waals surface area contributed by atoms with Gasteiger partial charge in [-0.25, -0.2) is 0 Å². The minimum atomic E-state index is 0.545. The fraction of sp³-hybridized carbons (Fsp3) is 0.688. The average molecular weight is 298 g/mol. The number of hydrogen-bond acceptors (Lipinski definition) is 4. The van der Waals surface area contributed by atoms with E-state index in [1.807, 2.05) is 6.20 Å². The van der Waals surface area contributed by atoms with Gasteiger partial charge in [0.05, 0.1) is 6.04 Å². The van der Waals surface area contributed by atoms with Crippen molar-refractivity contribution < 1.29 is 0 Å². The van der Waals surface area contributed by atoms with Crippen molar-refractivity contribution >= 4 is 5.95 Å². The maximum atomic E-state index is 4.68. The number of anilines is 1. The first kappa shape index (κ1) is 12.7. The molecule has 2 saturated carbocycles. The van der Waals surface area contributed by atoms with E-state index in [1.165, 1.54) is 31.4 Å². The summed E-state index contributed by atoms with van der Waals surface area (Å²) in [4.78, 5) is 6.99. The van der Waals surface area contributed by atoms with Crippen LogP contribution in [0.4, 0.5) is 5.95 Å². The summed E-state index contributed by atoms with van der Waals surface area (Å²) in [6.45, 7) is 2.05. The topological polar surface area (TPSA) is 62.6 Å². The summed E-state index contributed by atoms with van der Waals surface area (Å²) in [5.41, 5.74) is 1.45. The van der Waals surface area contributed by atoms with Crippen LogP contribution in [-0.4, -0.2) is 38.1 Å². The van der Waals surface area contributed by atoms with Crippen molar-refractivity contribution in [2.75, 3.05) is 18.0 Å². The third-order valence-electron chi connectivity index (χ3n) is 5.24. The first-order valence-corrected chi connectivity index (χ1v) is 8.59. The normalized spacial score (nSPS) is 23.2. The quantitative estimate of drug-likeness (QED) is 0.942. The van der Waals surface area contributed by atoms with E-state index in [0.29, 0.717) is 12.0 Å². The number of H-pyrrole nitrogens is 1. The molecule has 0 bridgehead atoms. The molecule has 0 amide bonds. The van der Waals surface area contributed by atoms with Crippen LogP contribution in [0.5, 0.6) is 0 Å². The molecule has 0 aromatic carbocycles. The van der Waals surface area contributed by atoms with Crippen LogP contribution in [0.1, 0.15) is 67.9 Å². The smallest absolute Gasteiger partial charge is 0.244 e. The number of aromatic amines is 1. The van der Waals surface area contributed by atoms with Crippen molar-refractivity contribution in [3.05, 3.63) is 23.8 Å². The second-order valence-corrected chi connectivity index (χ2v) is 6.99. The Balaban J connectivity index is 1.27. The molecule has 6 heteroatoms. The molecule has 6 nitrogen and oxygen atoms in total. The molecular weight excluding hydrogens is 276 g/mol. The minimum absolute atomic E-state index is 0.545. The van der Waals surface area contributed by atoms with Crippen LogP contribution < -0.4 is 4.90 Å². The second kappa shape index (κ2) is 4.83. The monoisotopic (exact) mass is 298 g/mol. The zero-order valence-electron chi connectivity index (χ0n) is 12.8. The summed E-state index contributed by atoms with van der Waals surface area (Å²) in [5.74, 6) is 3.39. The van der Waals surface area contributed by atoms with Gasteiger partial charge in [-0.15, -0.1) is 5.10 Å². The Morgan fingerprint density at radius 3 is 2.50 bits per heavy atom. The van der Waals surface area contributed by atoms with E-state index in [0.717, 1.165) is 43.6 Å². The Labute approximate surface area is 129 Å². The molecule has 0 spiro atoms. The Kier molecular flexibility index (Phi) is 2.78. The molecule has 0 radical (unpaired) electrons.